The van der Waals surface area contributed by atoms with Gasteiger partial charge >= 0.3 is 0 Å². The van der Waals surface area contributed by atoms with Crippen molar-refractivity contribution in [3.05, 3.63) is 11.5 Å². The molecule has 0 bridgehead atoms. The van der Waals surface area contributed by atoms with Gasteiger partial charge in [-0.3, -0.25) is 9.63 Å². The van der Waals surface area contributed by atoms with Crippen LogP contribution < -0.4 is 5.48 Å². The lowest BCUT2D eigenvalue weighted by molar-refractivity contribution is -0.126. The van der Waals surface area contributed by atoms with Crippen molar-refractivity contribution in [2.75, 3.05) is 13.4 Å². The largest absolute Gasteiger partial charge is 0.277 e. The van der Waals surface area contributed by atoms with Crippen LogP contribution in [0, 0.1) is 0 Å². The summed E-state index contributed by atoms with van der Waals surface area (Å²) in [6.45, 7) is 0. The van der Waals surface area contributed by atoms with E-state index in [4.69, 9.17) is 0 Å². The smallest absolute Gasteiger partial charge is 0.268 e. The van der Waals surface area contributed by atoms with Crippen LogP contribution in [0.2, 0.25) is 0 Å². The highest BCUT2D eigenvalue weighted by Crippen LogP contribution is 1.91. The first-order valence-corrected chi connectivity index (χ1v) is 3.62. The van der Waals surface area contributed by atoms with Crippen LogP contribution in [0.15, 0.2) is 11.5 Å². The molecule has 0 aromatic heterocycles. The highest BCUT2D eigenvalue weighted by molar-refractivity contribution is 8.01. The lowest BCUT2D eigenvalue weighted by atomic mass is 10.6. The van der Waals surface area contributed by atoms with E-state index in [1.165, 1.54) is 24.9 Å². The van der Waals surface area contributed by atoms with Gasteiger partial charge in [0.05, 0.1) is 7.11 Å². The van der Waals surface area contributed by atoms with Crippen molar-refractivity contribution in [1.82, 2.24) is 5.48 Å². The van der Waals surface area contributed by atoms with Crippen LogP contribution in [0.1, 0.15) is 0 Å². The molecule has 0 aliphatic rings. The van der Waals surface area contributed by atoms with Gasteiger partial charge in [-0.2, -0.15) is 0 Å². The van der Waals surface area contributed by atoms with E-state index in [1.807, 2.05) is 6.26 Å². The molecular formula is C5H9NO2S. The van der Waals surface area contributed by atoms with Crippen molar-refractivity contribution in [3.63, 3.8) is 0 Å². The molecule has 0 aliphatic heterocycles. The molecule has 0 spiro atoms. The van der Waals surface area contributed by atoms with Crippen LogP contribution in [0.25, 0.3) is 0 Å². The molecule has 0 rings (SSSR count). The van der Waals surface area contributed by atoms with Gasteiger partial charge in [0.2, 0.25) is 0 Å². The Kier molecular flexibility index (Phi) is 5.35. The van der Waals surface area contributed by atoms with Crippen LogP contribution in [-0.2, 0) is 9.63 Å². The van der Waals surface area contributed by atoms with Gasteiger partial charge in [-0.25, -0.2) is 5.48 Å². The summed E-state index contributed by atoms with van der Waals surface area (Å²) in [6.07, 6.45) is 3.27. The Morgan fingerprint density at radius 3 is 2.89 bits per heavy atom. The molecule has 0 radical (unpaired) electrons. The predicted molar refractivity (Wildman–Crippen MR) is 37.8 cm³/mol. The van der Waals surface area contributed by atoms with Crippen molar-refractivity contribution < 1.29 is 9.63 Å². The summed E-state index contributed by atoms with van der Waals surface area (Å²) in [6, 6.07) is 0. The summed E-state index contributed by atoms with van der Waals surface area (Å²) in [5.74, 6) is -0.244. The second-order valence-corrected chi connectivity index (χ2v) is 1.95. The van der Waals surface area contributed by atoms with Crippen molar-refractivity contribution >= 4 is 17.7 Å². The molecule has 4 heteroatoms. The molecule has 0 saturated carbocycles. The average Bonchev–Trinajstić information content (AvgIpc) is 1.85. The molecule has 3 nitrogen and oxygen atoms in total. The van der Waals surface area contributed by atoms with Crippen LogP contribution in [0.3, 0.4) is 0 Å². The van der Waals surface area contributed by atoms with Gasteiger partial charge in [-0.15, -0.1) is 11.8 Å². The van der Waals surface area contributed by atoms with Crippen molar-refractivity contribution in [2.24, 2.45) is 0 Å². The monoisotopic (exact) mass is 147 g/mol. The van der Waals surface area contributed by atoms with E-state index in [1.54, 1.807) is 5.41 Å². The van der Waals surface area contributed by atoms with E-state index in [2.05, 4.69) is 10.3 Å². The molecule has 1 amide bonds. The van der Waals surface area contributed by atoms with E-state index in [0.29, 0.717) is 0 Å². The standard InChI is InChI=1S/C5H9NO2S/c1-8-6-5(7)3-4-9-2/h3-4H,1-2H3,(H,6,7)/b4-3+. The first-order chi connectivity index (χ1) is 4.31. The Morgan fingerprint density at radius 1 is 1.78 bits per heavy atom. The van der Waals surface area contributed by atoms with Gasteiger partial charge in [0.15, 0.2) is 0 Å². The van der Waals surface area contributed by atoms with Crippen molar-refractivity contribution in [2.45, 2.75) is 0 Å². The molecule has 0 fully saturated rings. The van der Waals surface area contributed by atoms with Gasteiger partial charge in [-0.05, 0) is 11.7 Å². The summed E-state index contributed by atoms with van der Waals surface area (Å²) >= 11 is 1.46. The van der Waals surface area contributed by atoms with Crippen LogP contribution in [0.5, 0.6) is 0 Å². The molecule has 52 valence electrons. The summed E-state index contributed by atoms with van der Waals surface area (Å²) in [5, 5.41) is 1.67. The fraction of sp³-hybridized carbons (Fsp3) is 0.400. The Bertz CT molecular complexity index is 114. The molecule has 0 aliphatic carbocycles. The zero-order valence-corrected chi connectivity index (χ0v) is 6.20. The maximum Gasteiger partial charge on any atom is 0.268 e. The zero-order chi connectivity index (χ0) is 7.11. The molecule has 9 heavy (non-hydrogen) atoms. The minimum absolute atomic E-state index is 0.244. The molecule has 0 aromatic rings. The lowest BCUT2D eigenvalue weighted by Gasteiger charge is -1.92. The maximum absolute atomic E-state index is 10.5. The number of hydrogen-bond acceptors (Lipinski definition) is 3. The minimum atomic E-state index is -0.244. The van der Waals surface area contributed by atoms with E-state index in [9.17, 15) is 4.79 Å². The van der Waals surface area contributed by atoms with Gasteiger partial charge in [0.1, 0.15) is 0 Å². The topological polar surface area (TPSA) is 38.3 Å². The summed E-state index contributed by atoms with van der Waals surface area (Å²) < 4.78 is 0. The number of rotatable bonds is 3. The third kappa shape index (κ3) is 5.39. The lowest BCUT2D eigenvalue weighted by Crippen LogP contribution is -2.18. The molecule has 1 N–H and O–H groups in total. The van der Waals surface area contributed by atoms with Gasteiger partial charge in [0.25, 0.3) is 5.91 Å². The third-order valence-corrected chi connectivity index (χ3v) is 0.966. The maximum atomic E-state index is 10.5. The molecular weight excluding hydrogens is 138 g/mol. The Morgan fingerprint density at radius 2 is 2.44 bits per heavy atom. The third-order valence-electron chi connectivity index (χ3n) is 0.558. The Hall–Kier alpha value is -0.480. The summed E-state index contributed by atoms with van der Waals surface area (Å²) in [7, 11) is 1.39. The fourth-order valence-corrected chi connectivity index (χ4v) is 0.524. The Balaban J connectivity index is 3.37. The van der Waals surface area contributed by atoms with E-state index in [-0.39, 0.29) is 5.91 Å². The van der Waals surface area contributed by atoms with E-state index in [0.717, 1.165) is 0 Å². The van der Waals surface area contributed by atoms with Crippen LogP contribution in [0.4, 0.5) is 0 Å². The first kappa shape index (κ1) is 8.52. The SMILES string of the molecule is CONC(=O)/C=C/SC. The number of hydrogen-bond donors (Lipinski definition) is 1. The molecule has 0 atom stereocenters. The molecule has 0 unspecified atom stereocenters. The number of carbonyl (C=O) groups excluding carboxylic acids is 1. The second kappa shape index (κ2) is 5.65. The molecule has 0 saturated heterocycles. The second-order valence-electron chi connectivity index (χ2n) is 1.21. The fourth-order valence-electron chi connectivity index (χ4n) is 0.264. The van der Waals surface area contributed by atoms with Crippen molar-refractivity contribution in [3.8, 4) is 0 Å². The number of nitrogens with one attached hydrogen (secondary N) is 1. The highest BCUT2D eigenvalue weighted by Gasteiger charge is 1.87. The van der Waals surface area contributed by atoms with Gasteiger partial charge < -0.3 is 0 Å². The summed E-state index contributed by atoms with van der Waals surface area (Å²) in [4.78, 5) is 14.8. The van der Waals surface area contributed by atoms with Crippen LogP contribution >= 0.6 is 11.8 Å². The van der Waals surface area contributed by atoms with E-state index < -0.39 is 0 Å². The minimum Gasteiger partial charge on any atom is -0.277 e. The average molecular weight is 147 g/mol. The Labute approximate surface area is 58.4 Å². The number of carbonyl (C=O) groups is 1. The van der Waals surface area contributed by atoms with E-state index >= 15 is 0 Å². The number of thioether (sulfide) groups is 1. The quantitative estimate of drug-likeness (QED) is 0.467. The molecule has 0 aromatic carbocycles. The summed E-state index contributed by atoms with van der Waals surface area (Å²) in [5.41, 5.74) is 2.14. The predicted octanol–water partition coefficient (Wildman–Crippen LogP) is 0.541. The van der Waals surface area contributed by atoms with Gasteiger partial charge in [0, 0.05) is 6.08 Å². The van der Waals surface area contributed by atoms with Crippen LogP contribution in [-0.4, -0.2) is 19.3 Å². The number of hydroxylamine groups is 1. The zero-order valence-electron chi connectivity index (χ0n) is 5.38. The van der Waals surface area contributed by atoms with Gasteiger partial charge in [-0.1, -0.05) is 0 Å². The first-order valence-electron chi connectivity index (χ1n) is 2.33. The van der Waals surface area contributed by atoms with Crippen molar-refractivity contribution in [1.29, 1.82) is 0 Å². The highest BCUT2D eigenvalue weighted by atomic mass is 32.2. The number of amides is 1. The normalized spacial score (nSPS) is 10.0. The molecule has 0 heterocycles.